The van der Waals surface area contributed by atoms with Crippen LogP contribution in [0.5, 0.6) is 5.75 Å². The largest absolute Gasteiger partial charge is 0.478 e. The van der Waals surface area contributed by atoms with Gasteiger partial charge in [-0.3, -0.25) is 24.5 Å². The Kier molecular flexibility index (Phi) is 7.11. The molecule has 0 bridgehead atoms. The molecule has 1 aliphatic heterocycles. The van der Waals surface area contributed by atoms with Gasteiger partial charge in [-0.1, -0.05) is 12.1 Å². The SMILES string of the molecule is CCOC(=O)c1c(NC(=O)COC(=O)CC2Oc3ccccc3NC2=O)oc(C)c1C(C)=O. The third kappa shape index (κ3) is 5.37. The van der Waals surface area contributed by atoms with Gasteiger partial charge in [0.15, 0.2) is 18.5 Å². The van der Waals surface area contributed by atoms with Crippen molar-refractivity contribution in [1.82, 2.24) is 0 Å². The number of esters is 2. The zero-order chi connectivity index (χ0) is 24.1. The zero-order valence-electron chi connectivity index (χ0n) is 18.2. The van der Waals surface area contributed by atoms with E-state index in [1.54, 1.807) is 31.2 Å². The maximum absolute atomic E-state index is 12.3. The number of carbonyl (C=O) groups is 5. The van der Waals surface area contributed by atoms with Gasteiger partial charge in [-0.05, 0) is 32.9 Å². The molecule has 11 nitrogen and oxygen atoms in total. The van der Waals surface area contributed by atoms with E-state index in [4.69, 9.17) is 18.6 Å². The molecule has 1 aromatic carbocycles. The summed E-state index contributed by atoms with van der Waals surface area (Å²) in [5.74, 6) is -3.23. The predicted octanol–water partition coefficient (Wildman–Crippen LogP) is 2.24. The van der Waals surface area contributed by atoms with Gasteiger partial charge in [0.05, 0.1) is 24.3 Å². The molecule has 1 aliphatic rings. The van der Waals surface area contributed by atoms with Crippen molar-refractivity contribution in [2.24, 2.45) is 0 Å². The van der Waals surface area contributed by atoms with Crippen molar-refractivity contribution in [1.29, 1.82) is 0 Å². The van der Waals surface area contributed by atoms with Crippen molar-refractivity contribution in [3.63, 3.8) is 0 Å². The molecule has 1 aromatic heterocycles. The highest BCUT2D eigenvalue weighted by atomic mass is 16.5. The Balaban J connectivity index is 1.60. The molecular formula is C22H22N2O9. The molecule has 2 N–H and O–H groups in total. The van der Waals surface area contributed by atoms with E-state index in [0.29, 0.717) is 11.4 Å². The fourth-order valence-corrected chi connectivity index (χ4v) is 3.20. The van der Waals surface area contributed by atoms with Crippen molar-refractivity contribution >= 4 is 41.1 Å². The number of benzene rings is 1. The fourth-order valence-electron chi connectivity index (χ4n) is 3.20. The van der Waals surface area contributed by atoms with E-state index >= 15 is 0 Å². The second kappa shape index (κ2) is 9.98. The van der Waals surface area contributed by atoms with Crippen LogP contribution in [0.15, 0.2) is 28.7 Å². The van der Waals surface area contributed by atoms with Crippen molar-refractivity contribution in [3.8, 4) is 5.75 Å². The zero-order valence-corrected chi connectivity index (χ0v) is 18.2. The molecule has 3 rings (SSSR count). The number of fused-ring (bicyclic) bond motifs is 1. The van der Waals surface area contributed by atoms with Gasteiger partial charge in [0.2, 0.25) is 5.88 Å². The van der Waals surface area contributed by atoms with Crippen molar-refractivity contribution in [2.75, 3.05) is 23.8 Å². The first kappa shape index (κ1) is 23.5. The molecule has 0 radical (unpaired) electrons. The first-order chi connectivity index (χ1) is 15.7. The fraction of sp³-hybridized carbons (Fsp3) is 0.318. The number of carbonyl (C=O) groups excluding carboxylic acids is 5. The molecule has 0 spiro atoms. The Morgan fingerprint density at radius 3 is 2.55 bits per heavy atom. The van der Waals surface area contributed by atoms with E-state index in [1.807, 2.05) is 0 Å². The number of rotatable bonds is 8. The molecule has 33 heavy (non-hydrogen) atoms. The Hall–Kier alpha value is -4.15. The van der Waals surface area contributed by atoms with E-state index in [2.05, 4.69) is 10.6 Å². The van der Waals surface area contributed by atoms with Crippen LogP contribution in [0.1, 0.15) is 46.7 Å². The Bertz CT molecular complexity index is 1120. The molecule has 0 fully saturated rings. The molecule has 0 saturated carbocycles. The summed E-state index contributed by atoms with van der Waals surface area (Å²) < 4.78 is 20.7. The minimum absolute atomic E-state index is 0.0125. The summed E-state index contributed by atoms with van der Waals surface area (Å²) in [5, 5.41) is 4.92. The van der Waals surface area contributed by atoms with Gasteiger partial charge < -0.3 is 23.9 Å². The number of hydrogen-bond acceptors (Lipinski definition) is 9. The lowest BCUT2D eigenvalue weighted by Gasteiger charge is -2.25. The van der Waals surface area contributed by atoms with Gasteiger partial charge in [0.25, 0.3) is 11.8 Å². The number of anilines is 2. The van der Waals surface area contributed by atoms with Crippen LogP contribution < -0.4 is 15.4 Å². The number of aryl methyl sites for hydroxylation is 1. The molecule has 2 aromatic rings. The summed E-state index contributed by atoms with van der Waals surface area (Å²) in [4.78, 5) is 60.7. The average Bonchev–Trinajstić information content (AvgIpc) is 3.08. The lowest BCUT2D eigenvalue weighted by atomic mass is 10.1. The van der Waals surface area contributed by atoms with Crippen LogP contribution in [-0.4, -0.2) is 48.9 Å². The normalized spacial score (nSPS) is 14.4. The van der Waals surface area contributed by atoms with Gasteiger partial charge >= 0.3 is 11.9 Å². The van der Waals surface area contributed by atoms with Crippen molar-refractivity contribution < 1.29 is 42.6 Å². The van der Waals surface area contributed by atoms with Gasteiger partial charge in [-0.25, -0.2) is 4.79 Å². The number of ketones is 1. The van der Waals surface area contributed by atoms with Crippen LogP contribution in [0.4, 0.5) is 11.6 Å². The average molecular weight is 458 g/mol. The van der Waals surface area contributed by atoms with Gasteiger partial charge in [0, 0.05) is 0 Å². The van der Waals surface area contributed by atoms with Crippen molar-refractivity contribution in [3.05, 3.63) is 41.2 Å². The third-order valence-electron chi connectivity index (χ3n) is 4.59. The molecule has 0 saturated heterocycles. The molecule has 2 amide bonds. The number of Topliss-reactive ketones (excluding diaryl/α,β-unsaturated/α-hetero) is 1. The maximum Gasteiger partial charge on any atom is 0.344 e. The monoisotopic (exact) mass is 458 g/mol. The first-order valence-electron chi connectivity index (χ1n) is 10.0. The second-order valence-corrected chi connectivity index (χ2v) is 7.02. The van der Waals surface area contributed by atoms with Gasteiger partial charge in [-0.15, -0.1) is 0 Å². The van der Waals surface area contributed by atoms with Crippen LogP contribution in [-0.2, 0) is 23.9 Å². The molecule has 0 aliphatic carbocycles. The molecule has 1 atom stereocenters. The highest BCUT2D eigenvalue weighted by Crippen LogP contribution is 2.30. The lowest BCUT2D eigenvalue weighted by Crippen LogP contribution is -2.39. The highest BCUT2D eigenvalue weighted by molar-refractivity contribution is 6.10. The number of furan rings is 1. The minimum atomic E-state index is -1.11. The predicted molar refractivity (Wildman–Crippen MR) is 113 cm³/mol. The van der Waals surface area contributed by atoms with Crippen LogP contribution in [0.3, 0.4) is 0 Å². The van der Waals surface area contributed by atoms with Crippen LogP contribution in [0.25, 0.3) is 0 Å². The number of amides is 2. The summed E-state index contributed by atoms with van der Waals surface area (Å²) in [7, 11) is 0. The summed E-state index contributed by atoms with van der Waals surface area (Å²) in [6.45, 7) is 3.62. The summed E-state index contributed by atoms with van der Waals surface area (Å²) in [5.41, 5.74) is 0.261. The van der Waals surface area contributed by atoms with Gasteiger partial charge in [-0.2, -0.15) is 0 Å². The minimum Gasteiger partial charge on any atom is -0.478 e. The van der Waals surface area contributed by atoms with Crippen LogP contribution in [0, 0.1) is 6.92 Å². The van der Waals surface area contributed by atoms with E-state index in [-0.39, 0.29) is 29.4 Å². The Morgan fingerprint density at radius 2 is 1.85 bits per heavy atom. The summed E-state index contributed by atoms with van der Waals surface area (Å²) in [6.07, 6.45) is -1.53. The van der Waals surface area contributed by atoms with E-state index in [0.717, 1.165) is 0 Å². The molecule has 2 heterocycles. The molecular weight excluding hydrogens is 436 g/mol. The topological polar surface area (TPSA) is 150 Å². The summed E-state index contributed by atoms with van der Waals surface area (Å²) >= 11 is 0. The smallest absolute Gasteiger partial charge is 0.344 e. The number of nitrogens with one attached hydrogen (secondary N) is 2. The van der Waals surface area contributed by atoms with E-state index < -0.39 is 48.7 Å². The molecule has 1 unspecified atom stereocenters. The van der Waals surface area contributed by atoms with Crippen LogP contribution >= 0.6 is 0 Å². The Labute approximate surface area is 188 Å². The quantitative estimate of drug-likeness (QED) is 0.448. The van der Waals surface area contributed by atoms with Gasteiger partial charge in [0.1, 0.15) is 17.1 Å². The molecule has 11 heteroatoms. The molecule has 174 valence electrons. The highest BCUT2D eigenvalue weighted by Gasteiger charge is 2.31. The summed E-state index contributed by atoms with van der Waals surface area (Å²) in [6, 6.07) is 6.74. The standard InChI is InChI=1S/C22H22N2O9/c1-4-30-22(29)19-18(11(2)25)12(3)32-21(19)24-16(26)10-31-17(27)9-15-20(28)23-13-7-5-6-8-14(13)33-15/h5-8,15H,4,9-10H2,1-3H3,(H,23,28)(H,24,26). The third-order valence-corrected chi connectivity index (χ3v) is 4.59. The second-order valence-electron chi connectivity index (χ2n) is 7.02. The Morgan fingerprint density at radius 1 is 1.12 bits per heavy atom. The number of hydrogen-bond donors (Lipinski definition) is 2. The van der Waals surface area contributed by atoms with E-state index in [1.165, 1.54) is 13.8 Å². The lowest BCUT2D eigenvalue weighted by molar-refractivity contribution is -0.150. The number of ether oxygens (including phenoxy) is 3. The maximum atomic E-state index is 12.3. The number of para-hydroxylation sites is 2. The van der Waals surface area contributed by atoms with Crippen LogP contribution in [0.2, 0.25) is 0 Å². The first-order valence-corrected chi connectivity index (χ1v) is 10.0. The van der Waals surface area contributed by atoms with E-state index in [9.17, 15) is 24.0 Å². The van der Waals surface area contributed by atoms with Crippen molar-refractivity contribution in [2.45, 2.75) is 33.3 Å².